The summed E-state index contributed by atoms with van der Waals surface area (Å²) < 4.78 is 36.7. The predicted octanol–water partition coefficient (Wildman–Crippen LogP) is 1.61. The van der Waals surface area contributed by atoms with Crippen LogP contribution in [0.1, 0.15) is 5.56 Å². The quantitative estimate of drug-likeness (QED) is 0.332. The monoisotopic (exact) mass is 228 g/mol. The molecule has 1 aromatic carbocycles. The molecule has 1 rings (SSSR count). The fraction of sp³-hybridized carbons (Fsp3) is 0.111. The number of nitriles is 1. The summed E-state index contributed by atoms with van der Waals surface area (Å²) in [7, 11) is 0. The minimum absolute atomic E-state index is 0.0595. The molecule has 0 fully saturated rings. The van der Waals surface area contributed by atoms with Crippen molar-refractivity contribution >= 4 is 11.5 Å². The number of alkyl halides is 3. The summed E-state index contributed by atoms with van der Waals surface area (Å²) in [6.07, 6.45) is -4.64. The molecule has 0 amide bonds. The van der Waals surface area contributed by atoms with Crippen LogP contribution < -0.4 is 11.3 Å². The van der Waals surface area contributed by atoms with Crippen molar-refractivity contribution in [3.8, 4) is 6.07 Å². The van der Waals surface area contributed by atoms with Gasteiger partial charge in [0.2, 0.25) is 5.84 Å². The van der Waals surface area contributed by atoms with E-state index in [0.717, 1.165) is 0 Å². The first-order chi connectivity index (χ1) is 7.47. The van der Waals surface area contributed by atoms with E-state index >= 15 is 0 Å². The lowest BCUT2D eigenvalue weighted by molar-refractivity contribution is -0.0617. The summed E-state index contributed by atoms with van der Waals surface area (Å²) in [6.45, 7) is 0. The Balaban J connectivity index is 3.01. The molecular weight excluding hydrogens is 221 g/mol. The molecular formula is C9H7F3N4. The number of rotatable bonds is 1. The molecule has 0 unspecified atom stereocenters. The molecule has 0 aliphatic rings. The fourth-order valence-electron chi connectivity index (χ4n) is 0.917. The van der Waals surface area contributed by atoms with Crippen molar-refractivity contribution in [1.29, 1.82) is 5.26 Å². The van der Waals surface area contributed by atoms with Gasteiger partial charge >= 0.3 is 6.18 Å². The van der Waals surface area contributed by atoms with Crippen LogP contribution in [-0.4, -0.2) is 12.0 Å². The number of hydrogen-bond donors (Lipinski definition) is 2. The van der Waals surface area contributed by atoms with Crippen LogP contribution in [0.25, 0.3) is 0 Å². The number of amidine groups is 1. The number of hydrazine groups is 1. The van der Waals surface area contributed by atoms with E-state index in [9.17, 15) is 13.2 Å². The molecule has 16 heavy (non-hydrogen) atoms. The summed E-state index contributed by atoms with van der Waals surface area (Å²) in [5.41, 5.74) is 1.88. The molecule has 0 aliphatic carbocycles. The Kier molecular flexibility index (Phi) is 3.48. The average Bonchev–Trinajstić information content (AvgIpc) is 2.25. The maximum Gasteiger partial charge on any atom is 0.450 e. The van der Waals surface area contributed by atoms with Gasteiger partial charge in [-0.05, 0) is 24.3 Å². The standard InChI is InChI=1S/C9H7F3N4/c10-9(11,12)8(16-14)15-7-3-1-6(5-13)2-4-7/h1-4H,14H2,(H,15,16). The average molecular weight is 228 g/mol. The minimum Gasteiger partial charge on any atom is -0.304 e. The molecule has 7 heteroatoms. The number of nitrogens with one attached hydrogen (secondary N) is 1. The second kappa shape index (κ2) is 4.63. The zero-order valence-electron chi connectivity index (χ0n) is 7.92. The molecule has 0 spiro atoms. The van der Waals surface area contributed by atoms with Gasteiger partial charge in [-0.25, -0.2) is 10.8 Å². The normalized spacial score (nSPS) is 12.1. The van der Waals surface area contributed by atoms with Crippen molar-refractivity contribution in [2.24, 2.45) is 10.8 Å². The van der Waals surface area contributed by atoms with Crippen LogP contribution in [0.4, 0.5) is 18.9 Å². The zero-order chi connectivity index (χ0) is 12.2. The van der Waals surface area contributed by atoms with Crippen molar-refractivity contribution in [2.45, 2.75) is 6.18 Å². The van der Waals surface area contributed by atoms with Gasteiger partial charge in [-0.2, -0.15) is 18.4 Å². The first kappa shape index (κ1) is 12.0. The van der Waals surface area contributed by atoms with E-state index in [1.807, 2.05) is 6.07 Å². The highest BCUT2D eigenvalue weighted by atomic mass is 19.4. The largest absolute Gasteiger partial charge is 0.450 e. The van der Waals surface area contributed by atoms with Crippen molar-refractivity contribution in [3.63, 3.8) is 0 Å². The summed E-state index contributed by atoms with van der Waals surface area (Å²) in [5.74, 6) is 3.42. The van der Waals surface area contributed by atoms with Crippen molar-refractivity contribution in [3.05, 3.63) is 29.8 Å². The lowest BCUT2D eigenvalue weighted by atomic mass is 10.2. The maximum atomic E-state index is 12.2. The topological polar surface area (TPSA) is 74.2 Å². The molecule has 0 aromatic heterocycles. The van der Waals surface area contributed by atoms with E-state index in [1.54, 1.807) is 0 Å². The van der Waals surface area contributed by atoms with Crippen LogP contribution in [0.3, 0.4) is 0 Å². The van der Waals surface area contributed by atoms with Gasteiger partial charge in [0.25, 0.3) is 0 Å². The van der Waals surface area contributed by atoms with Gasteiger partial charge in [-0.15, -0.1) is 0 Å². The van der Waals surface area contributed by atoms with Crippen molar-refractivity contribution in [2.75, 3.05) is 0 Å². The molecule has 0 radical (unpaired) electrons. The number of aliphatic imine (C=N–C) groups is 1. The third-order valence-corrected chi connectivity index (χ3v) is 1.64. The van der Waals surface area contributed by atoms with Crippen LogP contribution in [0.15, 0.2) is 29.3 Å². The SMILES string of the molecule is N#Cc1ccc(N=C(NN)C(F)(F)F)cc1. The Labute approximate surface area is 89.2 Å². The van der Waals surface area contributed by atoms with E-state index in [1.165, 1.54) is 29.7 Å². The van der Waals surface area contributed by atoms with Gasteiger partial charge < -0.3 is 5.43 Å². The number of halogens is 3. The lowest BCUT2D eigenvalue weighted by Gasteiger charge is -2.08. The Morgan fingerprint density at radius 1 is 1.31 bits per heavy atom. The first-order valence-electron chi connectivity index (χ1n) is 4.10. The molecule has 3 N–H and O–H groups in total. The van der Waals surface area contributed by atoms with Crippen molar-refractivity contribution in [1.82, 2.24) is 5.43 Å². The van der Waals surface area contributed by atoms with Gasteiger partial charge in [0, 0.05) is 0 Å². The molecule has 0 aliphatic heterocycles. The Morgan fingerprint density at radius 3 is 2.25 bits per heavy atom. The molecule has 1 aromatic rings. The number of nitrogens with two attached hydrogens (primary N) is 1. The van der Waals surface area contributed by atoms with Crippen LogP contribution in [-0.2, 0) is 0 Å². The van der Waals surface area contributed by atoms with Crippen molar-refractivity contribution < 1.29 is 13.2 Å². The summed E-state index contributed by atoms with van der Waals surface area (Å²) in [4.78, 5) is 3.27. The number of nitrogens with zero attached hydrogens (tertiary/aromatic N) is 2. The Morgan fingerprint density at radius 2 is 1.88 bits per heavy atom. The van der Waals surface area contributed by atoms with Crippen LogP contribution in [0, 0.1) is 11.3 Å². The second-order valence-electron chi connectivity index (χ2n) is 2.76. The maximum absolute atomic E-state index is 12.2. The molecule has 0 heterocycles. The van der Waals surface area contributed by atoms with E-state index in [0.29, 0.717) is 5.56 Å². The molecule has 0 bridgehead atoms. The summed E-state index contributed by atoms with van der Waals surface area (Å²) >= 11 is 0. The van der Waals surface area contributed by atoms with E-state index in [4.69, 9.17) is 11.1 Å². The summed E-state index contributed by atoms with van der Waals surface area (Å²) in [6, 6.07) is 7.16. The molecule has 0 saturated carbocycles. The Hall–Kier alpha value is -2.07. The highest BCUT2D eigenvalue weighted by Gasteiger charge is 2.35. The third-order valence-electron chi connectivity index (χ3n) is 1.64. The highest BCUT2D eigenvalue weighted by molar-refractivity contribution is 5.89. The minimum atomic E-state index is -4.64. The van der Waals surface area contributed by atoms with Crippen LogP contribution >= 0.6 is 0 Å². The van der Waals surface area contributed by atoms with E-state index in [-0.39, 0.29) is 5.69 Å². The van der Waals surface area contributed by atoms with E-state index in [2.05, 4.69) is 4.99 Å². The number of hydrogen-bond acceptors (Lipinski definition) is 3. The van der Waals surface area contributed by atoms with Gasteiger partial charge in [-0.1, -0.05) is 0 Å². The first-order valence-corrected chi connectivity index (χ1v) is 4.10. The van der Waals surface area contributed by atoms with E-state index < -0.39 is 12.0 Å². The van der Waals surface area contributed by atoms with Gasteiger partial charge in [-0.3, -0.25) is 0 Å². The zero-order valence-corrected chi connectivity index (χ0v) is 7.92. The second-order valence-corrected chi connectivity index (χ2v) is 2.76. The highest BCUT2D eigenvalue weighted by Crippen LogP contribution is 2.20. The number of benzene rings is 1. The fourth-order valence-corrected chi connectivity index (χ4v) is 0.917. The third kappa shape index (κ3) is 2.96. The summed E-state index contributed by atoms with van der Waals surface area (Å²) in [5, 5.41) is 8.49. The van der Waals surface area contributed by atoms with Gasteiger partial charge in [0.15, 0.2) is 0 Å². The van der Waals surface area contributed by atoms with Gasteiger partial charge in [0.05, 0.1) is 17.3 Å². The van der Waals surface area contributed by atoms with Crippen LogP contribution in [0.2, 0.25) is 0 Å². The lowest BCUT2D eigenvalue weighted by Crippen LogP contribution is -2.41. The Bertz CT molecular complexity index is 428. The molecule has 84 valence electrons. The van der Waals surface area contributed by atoms with Crippen LogP contribution in [0.5, 0.6) is 0 Å². The molecule has 0 saturated heterocycles. The van der Waals surface area contributed by atoms with Gasteiger partial charge in [0.1, 0.15) is 0 Å². The molecule has 0 atom stereocenters. The smallest absolute Gasteiger partial charge is 0.304 e. The predicted molar refractivity (Wildman–Crippen MR) is 51.6 cm³/mol. The molecule has 4 nitrogen and oxygen atoms in total.